The second-order valence-electron chi connectivity index (χ2n) is 6.80. The number of unbranched alkanes of at least 4 members (excludes halogenated alkanes) is 1. The van der Waals surface area contributed by atoms with Gasteiger partial charge in [0.25, 0.3) is 0 Å². The van der Waals surface area contributed by atoms with E-state index in [2.05, 4.69) is 6.92 Å². The van der Waals surface area contributed by atoms with Crippen LogP contribution in [0.25, 0.3) is 0 Å². The summed E-state index contributed by atoms with van der Waals surface area (Å²) in [4.78, 5) is 0. The van der Waals surface area contributed by atoms with Gasteiger partial charge in [0.1, 0.15) is 0 Å². The molecular weight excluding hydrogens is 364 g/mol. The molecule has 28 heavy (non-hydrogen) atoms. The van der Waals surface area contributed by atoms with Crippen molar-refractivity contribution in [1.29, 1.82) is 0 Å². The maximum Gasteiger partial charge on any atom is 0.0701 e. The molecule has 0 saturated carbocycles. The van der Waals surface area contributed by atoms with Gasteiger partial charge in [-0.05, 0) is 31.6 Å². The Hall–Kier alpha value is -0.280. The van der Waals surface area contributed by atoms with Crippen LogP contribution in [0.2, 0.25) is 0 Å². The molecule has 0 radical (unpaired) electrons. The Kier molecular flexibility index (Phi) is 24.5. The molecule has 170 valence electrons. The van der Waals surface area contributed by atoms with E-state index in [-0.39, 0.29) is 13.2 Å². The van der Waals surface area contributed by atoms with Gasteiger partial charge in [0.15, 0.2) is 0 Å². The predicted octanol–water partition coefficient (Wildman–Crippen LogP) is 2.42. The van der Waals surface area contributed by atoms with Crippen molar-refractivity contribution in [3.63, 3.8) is 0 Å². The monoisotopic (exact) mass is 408 g/mol. The van der Waals surface area contributed by atoms with E-state index in [0.717, 1.165) is 32.0 Å². The average molecular weight is 409 g/mol. The highest BCUT2D eigenvalue weighted by Crippen LogP contribution is 2.20. The van der Waals surface area contributed by atoms with Crippen LogP contribution in [0.3, 0.4) is 0 Å². The van der Waals surface area contributed by atoms with Gasteiger partial charge in [0.05, 0.1) is 66.1 Å². The summed E-state index contributed by atoms with van der Waals surface area (Å²) >= 11 is 0. The zero-order chi connectivity index (χ0) is 20.5. The summed E-state index contributed by atoms with van der Waals surface area (Å²) in [5, 5.41) is 17.2. The van der Waals surface area contributed by atoms with Crippen LogP contribution in [-0.4, -0.2) is 89.5 Å². The minimum absolute atomic E-state index is 0.0514. The molecule has 0 saturated heterocycles. The van der Waals surface area contributed by atoms with E-state index in [0.29, 0.717) is 52.9 Å². The first-order valence-electron chi connectivity index (χ1n) is 11.0. The molecule has 1 unspecified atom stereocenters. The zero-order valence-electron chi connectivity index (χ0n) is 17.9. The van der Waals surface area contributed by atoms with Gasteiger partial charge in [-0.2, -0.15) is 0 Å². The van der Waals surface area contributed by atoms with Crippen molar-refractivity contribution in [3.05, 3.63) is 0 Å². The van der Waals surface area contributed by atoms with Gasteiger partial charge in [-0.1, -0.05) is 26.2 Å². The van der Waals surface area contributed by atoms with Crippen LogP contribution in [-0.2, 0) is 23.7 Å². The fourth-order valence-electron chi connectivity index (χ4n) is 2.87. The van der Waals surface area contributed by atoms with Crippen LogP contribution in [0.4, 0.5) is 0 Å². The second kappa shape index (κ2) is 24.8. The highest BCUT2D eigenvalue weighted by Gasteiger charge is 2.08. The fraction of sp³-hybridized carbons (Fsp3) is 1.00. The van der Waals surface area contributed by atoms with Crippen molar-refractivity contribution in [2.75, 3.05) is 79.3 Å². The zero-order valence-corrected chi connectivity index (χ0v) is 17.9. The van der Waals surface area contributed by atoms with Crippen LogP contribution < -0.4 is 0 Å². The quantitative estimate of drug-likeness (QED) is 0.237. The molecule has 0 rings (SSSR count). The van der Waals surface area contributed by atoms with E-state index < -0.39 is 0 Å². The van der Waals surface area contributed by atoms with E-state index in [1.54, 1.807) is 0 Å². The number of hydrogen-bond donors (Lipinski definition) is 2. The van der Waals surface area contributed by atoms with Gasteiger partial charge in [0, 0.05) is 13.2 Å². The van der Waals surface area contributed by atoms with Crippen LogP contribution in [0.15, 0.2) is 0 Å². The van der Waals surface area contributed by atoms with E-state index >= 15 is 0 Å². The van der Waals surface area contributed by atoms with E-state index in [4.69, 9.17) is 33.9 Å². The first-order valence-corrected chi connectivity index (χ1v) is 11.0. The predicted molar refractivity (Wildman–Crippen MR) is 110 cm³/mol. The van der Waals surface area contributed by atoms with Gasteiger partial charge < -0.3 is 33.9 Å². The molecular formula is C21H44O7. The molecule has 0 fully saturated rings. The van der Waals surface area contributed by atoms with Crippen molar-refractivity contribution < 1.29 is 33.9 Å². The molecule has 7 heteroatoms. The summed E-state index contributed by atoms with van der Waals surface area (Å²) in [6, 6.07) is 0. The molecule has 0 aliphatic rings. The first-order chi connectivity index (χ1) is 13.8. The smallest absolute Gasteiger partial charge is 0.0701 e. The van der Waals surface area contributed by atoms with Crippen LogP contribution in [0, 0.1) is 5.92 Å². The summed E-state index contributed by atoms with van der Waals surface area (Å²) in [5.41, 5.74) is 0. The van der Waals surface area contributed by atoms with Crippen LogP contribution in [0.1, 0.15) is 51.9 Å². The molecule has 0 amide bonds. The molecule has 2 N–H and O–H groups in total. The third-order valence-electron chi connectivity index (χ3n) is 4.36. The lowest BCUT2D eigenvalue weighted by atomic mass is 9.92. The Morgan fingerprint density at radius 3 is 1.25 bits per heavy atom. The highest BCUT2D eigenvalue weighted by atomic mass is 16.5. The van der Waals surface area contributed by atoms with Gasteiger partial charge in [-0.25, -0.2) is 0 Å². The molecule has 0 bridgehead atoms. The maximum absolute atomic E-state index is 8.63. The molecule has 0 aromatic rings. The lowest BCUT2D eigenvalue weighted by Crippen LogP contribution is -2.11. The minimum atomic E-state index is 0.0514. The number of aliphatic hydroxyl groups is 2. The summed E-state index contributed by atoms with van der Waals surface area (Å²) in [6.45, 7) is 8.08. The summed E-state index contributed by atoms with van der Waals surface area (Å²) in [7, 11) is 0. The number of aliphatic hydroxyl groups excluding tert-OH is 2. The average Bonchev–Trinajstić information content (AvgIpc) is 2.71. The molecule has 7 nitrogen and oxygen atoms in total. The molecule has 0 aliphatic heterocycles. The molecule has 1 atom stereocenters. The van der Waals surface area contributed by atoms with E-state index in [1.165, 1.54) is 32.1 Å². The third-order valence-corrected chi connectivity index (χ3v) is 4.36. The third kappa shape index (κ3) is 22.0. The summed E-state index contributed by atoms with van der Waals surface area (Å²) < 4.78 is 26.9. The van der Waals surface area contributed by atoms with Crippen LogP contribution >= 0.6 is 0 Å². The van der Waals surface area contributed by atoms with Crippen molar-refractivity contribution in [2.24, 2.45) is 5.92 Å². The molecule has 0 aromatic heterocycles. The Morgan fingerprint density at radius 1 is 0.500 bits per heavy atom. The number of rotatable bonds is 24. The second-order valence-corrected chi connectivity index (χ2v) is 6.80. The Bertz CT molecular complexity index is 279. The Morgan fingerprint density at radius 2 is 0.857 bits per heavy atom. The highest BCUT2D eigenvalue weighted by molar-refractivity contribution is 4.60. The van der Waals surface area contributed by atoms with Gasteiger partial charge in [-0.3, -0.25) is 0 Å². The number of hydrogen-bond acceptors (Lipinski definition) is 7. The van der Waals surface area contributed by atoms with Gasteiger partial charge in [-0.15, -0.1) is 0 Å². The number of ether oxygens (including phenoxy) is 5. The van der Waals surface area contributed by atoms with E-state index in [9.17, 15) is 0 Å². The Labute approximate surface area is 171 Å². The lowest BCUT2D eigenvalue weighted by Gasteiger charge is -2.17. The SMILES string of the molecule is CCCCC(CCCOCCOCCO)CCCOCCOCCOCCO. The minimum Gasteiger partial charge on any atom is -0.394 e. The van der Waals surface area contributed by atoms with Gasteiger partial charge >= 0.3 is 0 Å². The van der Waals surface area contributed by atoms with Crippen molar-refractivity contribution in [1.82, 2.24) is 0 Å². The maximum atomic E-state index is 8.63. The summed E-state index contributed by atoms with van der Waals surface area (Å²) in [6.07, 6.45) is 8.39. The molecule has 0 heterocycles. The summed E-state index contributed by atoms with van der Waals surface area (Å²) in [5.74, 6) is 0.748. The topological polar surface area (TPSA) is 86.6 Å². The fourth-order valence-corrected chi connectivity index (χ4v) is 2.87. The van der Waals surface area contributed by atoms with Crippen molar-refractivity contribution >= 4 is 0 Å². The largest absolute Gasteiger partial charge is 0.394 e. The lowest BCUT2D eigenvalue weighted by molar-refractivity contribution is 0.00671. The van der Waals surface area contributed by atoms with Crippen molar-refractivity contribution in [2.45, 2.75) is 51.9 Å². The standard InChI is InChI=1S/C21H44O7/c1-2-3-6-21(7-4-11-24-15-17-26-13-9-22)8-5-12-25-16-19-28-20-18-27-14-10-23/h21-23H,2-20H2,1H3. The first kappa shape index (κ1) is 27.7. The molecule has 0 aromatic carbocycles. The molecule has 0 spiro atoms. The molecule has 0 aliphatic carbocycles. The normalized spacial score (nSPS) is 12.5. The van der Waals surface area contributed by atoms with Gasteiger partial charge in [0.2, 0.25) is 0 Å². The van der Waals surface area contributed by atoms with Crippen LogP contribution in [0.5, 0.6) is 0 Å². The van der Waals surface area contributed by atoms with Crippen molar-refractivity contribution in [3.8, 4) is 0 Å². The Balaban J connectivity index is 3.51. The van der Waals surface area contributed by atoms with E-state index in [1.807, 2.05) is 0 Å².